The molecule has 0 aliphatic heterocycles. The molecule has 1 aliphatic rings. The minimum absolute atomic E-state index is 0.0471. The fourth-order valence-corrected chi connectivity index (χ4v) is 4.34. The average molecular weight is 445 g/mol. The number of nitrogens with one attached hydrogen (secondary N) is 2. The van der Waals surface area contributed by atoms with Crippen LogP contribution in [-0.2, 0) is 9.59 Å². The number of benzene rings is 2. The van der Waals surface area contributed by atoms with Gasteiger partial charge in [0.25, 0.3) is 0 Å². The van der Waals surface area contributed by atoms with Gasteiger partial charge in [-0.15, -0.1) is 0 Å². The Labute approximate surface area is 195 Å². The zero-order valence-corrected chi connectivity index (χ0v) is 19.2. The summed E-state index contributed by atoms with van der Waals surface area (Å²) in [6.07, 6.45) is 6.96. The minimum Gasteiger partial charge on any atom is -0.353 e. The molecule has 6 heteroatoms. The lowest BCUT2D eigenvalue weighted by Gasteiger charge is -2.22. The maximum Gasteiger partial charge on any atom is 0.225 e. The molecule has 1 aromatic heterocycles. The zero-order valence-electron chi connectivity index (χ0n) is 19.2. The van der Waals surface area contributed by atoms with Crippen LogP contribution in [0, 0.1) is 6.92 Å². The van der Waals surface area contributed by atoms with Gasteiger partial charge < -0.3 is 10.6 Å². The fraction of sp³-hybridized carbons (Fsp3) is 0.370. The number of hydrogen-bond donors (Lipinski definition) is 2. The number of carbonyl (C=O) groups excluding carboxylic acids is 2. The lowest BCUT2D eigenvalue weighted by molar-refractivity contribution is -0.122. The van der Waals surface area contributed by atoms with Gasteiger partial charge >= 0.3 is 0 Å². The second-order valence-corrected chi connectivity index (χ2v) is 8.84. The summed E-state index contributed by atoms with van der Waals surface area (Å²) in [4.78, 5) is 24.9. The first-order valence-electron chi connectivity index (χ1n) is 11.9. The number of anilines is 1. The van der Waals surface area contributed by atoms with Gasteiger partial charge in [-0.05, 0) is 43.9 Å². The Bertz CT molecular complexity index is 1080. The van der Waals surface area contributed by atoms with E-state index in [1.165, 1.54) is 19.3 Å². The van der Waals surface area contributed by atoms with E-state index in [1.807, 2.05) is 67.6 Å². The molecule has 6 nitrogen and oxygen atoms in total. The van der Waals surface area contributed by atoms with Crippen molar-refractivity contribution in [1.29, 1.82) is 0 Å². The molecule has 1 aliphatic carbocycles. The normalized spacial score (nSPS) is 14.1. The molecule has 0 saturated heterocycles. The van der Waals surface area contributed by atoms with E-state index in [-0.39, 0.29) is 18.2 Å². The Morgan fingerprint density at radius 3 is 2.45 bits per heavy atom. The van der Waals surface area contributed by atoms with Crippen molar-refractivity contribution in [1.82, 2.24) is 15.1 Å². The standard InChI is InChI=1S/C27H32N4O2/c1-20-10-8-15-23(18-20)31-25(19-24(30-31)21-11-4-2-5-12-21)29-27(33)17-9-16-26(32)28-22-13-6-3-7-14-22/h2,4-5,8,10-12,15,18-19,22H,3,6-7,9,13-14,16-17H2,1H3,(H,28,32)(H,29,33). The predicted octanol–water partition coefficient (Wildman–Crippen LogP) is 5.41. The van der Waals surface area contributed by atoms with Gasteiger partial charge in [0, 0.05) is 30.5 Å². The zero-order chi connectivity index (χ0) is 23.0. The molecule has 0 unspecified atom stereocenters. The van der Waals surface area contributed by atoms with Gasteiger partial charge in [-0.25, -0.2) is 4.68 Å². The van der Waals surface area contributed by atoms with E-state index in [0.717, 1.165) is 35.3 Å². The van der Waals surface area contributed by atoms with Crippen molar-refractivity contribution in [2.24, 2.45) is 0 Å². The van der Waals surface area contributed by atoms with Crippen LogP contribution >= 0.6 is 0 Å². The molecule has 33 heavy (non-hydrogen) atoms. The monoisotopic (exact) mass is 444 g/mol. The summed E-state index contributed by atoms with van der Waals surface area (Å²) in [5.41, 5.74) is 3.78. The maximum atomic E-state index is 12.7. The van der Waals surface area contributed by atoms with Crippen LogP contribution in [0.25, 0.3) is 16.9 Å². The molecule has 1 fully saturated rings. The molecule has 2 amide bonds. The van der Waals surface area contributed by atoms with Crippen molar-refractivity contribution in [3.05, 3.63) is 66.2 Å². The molecule has 2 aromatic carbocycles. The second-order valence-electron chi connectivity index (χ2n) is 8.84. The summed E-state index contributed by atoms with van der Waals surface area (Å²) in [5.74, 6) is 0.552. The van der Waals surface area contributed by atoms with E-state index in [9.17, 15) is 9.59 Å². The maximum absolute atomic E-state index is 12.7. The lowest BCUT2D eigenvalue weighted by Crippen LogP contribution is -2.36. The summed E-state index contributed by atoms with van der Waals surface area (Å²) in [7, 11) is 0. The number of nitrogens with zero attached hydrogens (tertiary/aromatic N) is 2. The lowest BCUT2D eigenvalue weighted by atomic mass is 9.95. The SMILES string of the molecule is Cc1cccc(-n2nc(-c3ccccc3)cc2NC(=O)CCCC(=O)NC2CCCCC2)c1. The first kappa shape index (κ1) is 22.8. The molecule has 0 bridgehead atoms. The molecular formula is C27H32N4O2. The van der Waals surface area contributed by atoms with E-state index < -0.39 is 0 Å². The summed E-state index contributed by atoms with van der Waals surface area (Å²) in [6.45, 7) is 2.03. The van der Waals surface area contributed by atoms with Crippen molar-refractivity contribution in [2.75, 3.05) is 5.32 Å². The van der Waals surface area contributed by atoms with Crippen LogP contribution in [0.5, 0.6) is 0 Å². The Morgan fingerprint density at radius 1 is 0.939 bits per heavy atom. The molecule has 1 heterocycles. The quantitative estimate of drug-likeness (QED) is 0.488. The summed E-state index contributed by atoms with van der Waals surface area (Å²) >= 11 is 0. The topological polar surface area (TPSA) is 76.0 Å². The first-order chi connectivity index (χ1) is 16.1. The summed E-state index contributed by atoms with van der Waals surface area (Å²) in [6, 6.07) is 20.1. The molecule has 0 spiro atoms. The van der Waals surface area contributed by atoms with Crippen LogP contribution in [0.4, 0.5) is 5.82 Å². The second kappa shape index (κ2) is 10.9. The molecule has 0 radical (unpaired) electrons. The van der Waals surface area contributed by atoms with Gasteiger partial charge in [0.1, 0.15) is 5.82 Å². The minimum atomic E-state index is -0.117. The van der Waals surface area contributed by atoms with Gasteiger partial charge in [0.15, 0.2) is 0 Å². The van der Waals surface area contributed by atoms with Gasteiger partial charge in [0.2, 0.25) is 11.8 Å². The van der Waals surface area contributed by atoms with Crippen LogP contribution in [0.3, 0.4) is 0 Å². The van der Waals surface area contributed by atoms with Crippen molar-refractivity contribution in [3.8, 4) is 16.9 Å². The number of aryl methyl sites for hydroxylation is 1. The van der Waals surface area contributed by atoms with E-state index in [1.54, 1.807) is 4.68 Å². The Balaban J connectivity index is 1.40. The third-order valence-electron chi connectivity index (χ3n) is 6.07. The van der Waals surface area contributed by atoms with Crippen LogP contribution in [0.2, 0.25) is 0 Å². The van der Waals surface area contributed by atoms with Crippen LogP contribution < -0.4 is 10.6 Å². The highest BCUT2D eigenvalue weighted by molar-refractivity contribution is 5.91. The Kier molecular flexibility index (Phi) is 7.55. The molecular weight excluding hydrogens is 412 g/mol. The predicted molar refractivity (Wildman–Crippen MR) is 131 cm³/mol. The third-order valence-corrected chi connectivity index (χ3v) is 6.07. The molecule has 3 aromatic rings. The molecule has 1 saturated carbocycles. The summed E-state index contributed by atoms with van der Waals surface area (Å²) < 4.78 is 1.77. The summed E-state index contributed by atoms with van der Waals surface area (Å²) in [5, 5.41) is 10.9. The van der Waals surface area contributed by atoms with E-state index >= 15 is 0 Å². The highest BCUT2D eigenvalue weighted by Crippen LogP contribution is 2.25. The Morgan fingerprint density at radius 2 is 1.70 bits per heavy atom. The number of hydrogen-bond acceptors (Lipinski definition) is 3. The molecule has 172 valence electrons. The van der Waals surface area contributed by atoms with Crippen molar-refractivity contribution < 1.29 is 9.59 Å². The van der Waals surface area contributed by atoms with Gasteiger partial charge in [-0.1, -0.05) is 61.7 Å². The first-order valence-corrected chi connectivity index (χ1v) is 11.9. The van der Waals surface area contributed by atoms with Crippen LogP contribution in [0.15, 0.2) is 60.7 Å². The van der Waals surface area contributed by atoms with Crippen molar-refractivity contribution in [3.63, 3.8) is 0 Å². The highest BCUT2D eigenvalue weighted by atomic mass is 16.2. The van der Waals surface area contributed by atoms with Crippen molar-refractivity contribution in [2.45, 2.75) is 64.3 Å². The molecule has 2 N–H and O–H groups in total. The van der Waals surface area contributed by atoms with Gasteiger partial charge in [-0.2, -0.15) is 5.10 Å². The average Bonchev–Trinajstić information content (AvgIpc) is 3.24. The molecule has 0 atom stereocenters. The fourth-order valence-electron chi connectivity index (χ4n) is 4.34. The third kappa shape index (κ3) is 6.31. The van der Waals surface area contributed by atoms with E-state index in [0.29, 0.717) is 24.7 Å². The number of carbonyl (C=O) groups is 2. The van der Waals surface area contributed by atoms with E-state index in [4.69, 9.17) is 5.10 Å². The highest BCUT2D eigenvalue weighted by Gasteiger charge is 2.17. The number of rotatable bonds is 8. The van der Waals surface area contributed by atoms with Crippen LogP contribution in [-0.4, -0.2) is 27.6 Å². The number of aromatic nitrogens is 2. The largest absolute Gasteiger partial charge is 0.353 e. The number of amides is 2. The van der Waals surface area contributed by atoms with Gasteiger partial charge in [0.05, 0.1) is 11.4 Å². The van der Waals surface area contributed by atoms with E-state index in [2.05, 4.69) is 10.6 Å². The molecule has 4 rings (SSSR count). The van der Waals surface area contributed by atoms with Crippen molar-refractivity contribution >= 4 is 17.6 Å². The smallest absolute Gasteiger partial charge is 0.225 e. The van der Waals surface area contributed by atoms with Gasteiger partial charge in [-0.3, -0.25) is 9.59 Å². The van der Waals surface area contributed by atoms with Crippen LogP contribution in [0.1, 0.15) is 56.9 Å². The Hall–Kier alpha value is -3.41.